The molecule has 0 bridgehead atoms. The lowest BCUT2D eigenvalue weighted by molar-refractivity contribution is 1.14. The molecular formula is C7H8N4S. The molecule has 0 spiro atoms. The van der Waals surface area contributed by atoms with Gasteiger partial charge >= 0.3 is 0 Å². The molecular weight excluding hydrogens is 172 g/mol. The Kier molecular flexibility index (Phi) is 2.41. The van der Waals surface area contributed by atoms with Gasteiger partial charge in [0.1, 0.15) is 22.5 Å². The summed E-state index contributed by atoms with van der Waals surface area (Å²) >= 11 is 1.44. The van der Waals surface area contributed by atoms with Crippen molar-refractivity contribution < 1.29 is 0 Å². The van der Waals surface area contributed by atoms with Gasteiger partial charge in [-0.1, -0.05) is 0 Å². The summed E-state index contributed by atoms with van der Waals surface area (Å²) in [7, 11) is 0. The Balaban J connectivity index is 3.30. The normalized spacial score (nSPS) is 9.33. The maximum Gasteiger partial charge on any atom is 0.144 e. The third-order valence-electron chi connectivity index (χ3n) is 1.38. The molecule has 12 heavy (non-hydrogen) atoms. The van der Waals surface area contributed by atoms with E-state index >= 15 is 0 Å². The number of nitriles is 1. The first-order valence-electron chi connectivity index (χ1n) is 3.19. The number of pyridine rings is 1. The van der Waals surface area contributed by atoms with E-state index in [0.29, 0.717) is 5.69 Å². The number of nitrogen functional groups attached to an aromatic ring is 2. The zero-order valence-corrected chi connectivity index (χ0v) is 7.35. The van der Waals surface area contributed by atoms with Gasteiger partial charge in [-0.05, 0) is 12.3 Å². The van der Waals surface area contributed by atoms with Crippen LogP contribution in [0, 0.1) is 11.3 Å². The molecule has 1 aromatic heterocycles. The molecule has 0 unspecified atom stereocenters. The highest BCUT2D eigenvalue weighted by Crippen LogP contribution is 2.22. The maximum absolute atomic E-state index is 8.61. The fourth-order valence-electron chi connectivity index (χ4n) is 0.786. The Hall–Kier alpha value is -1.41. The second-order valence-corrected chi connectivity index (χ2v) is 2.95. The van der Waals surface area contributed by atoms with E-state index in [-0.39, 0.29) is 11.4 Å². The SMILES string of the molecule is CSc1cc(N)c(C#N)c(N)n1. The highest BCUT2D eigenvalue weighted by molar-refractivity contribution is 7.98. The monoisotopic (exact) mass is 180 g/mol. The Morgan fingerprint density at radius 2 is 2.25 bits per heavy atom. The zero-order chi connectivity index (χ0) is 9.14. The average molecular weight is 180 g/mol. The van der Waals surface area contributed by atoms with Gasteiger partial charge in [0.25, 0.3) is 0 Å². The van der Waals surface area contributed by atoms with Gasteiger partial charge in [-0.15, -0.1) is 11.8 Å². The molecule has 0 saturated heterocycles. The van der Waals surface area contributed by atoms with Gasteiger partial charge in [0.05, 0.1) is 5.69 Å². The van der Waals surface area contributed by atoms with E-state index in [2.05, 4.69) is 4.98 Å². The zero-order valence-electron chi connectivity index (χ0n) is 6.53. The van der Waals surface area contributed by atoms with Crippen LogP contribution in [0.5, 0.6) is 0 Å². The Morgan fingerprint density at radius 1 is 1.58 bits per heavy atom. The second kappa shape index (κ2) is 3.32. The quantitative estimate of drug-likeness (QED) is 0.625. The number of nitrogens with two attached hydrogens (primary N) is 2. The molecule has 0 radical (unpaired) electrons. The number of thioether (sulfide) groups is 1. The summed E-state index contributed by atoms with van der Waals surface area (Å²) < 4.78 is 0. The van der Waals surface area contributed by atoms with Crippen molar-refractivity contribution in [2.75, 3.05) is 17.7 Å². The van der Waals surface area contributed by atoms with Crippen LogP contribution in [0.3, 0.4) is 0 Å². The number of hydrogen-bond acceptors (Lipinski definition) is 5. The highest BCUT2D eigenvalue weighted by Gasteiger charge is 2.06. The minimum absolute atomic E-state index is 0.196. The van der Waals surface area contributed by atoms with Crippen molar-refractivity contribution in [1.29, 1.82) is 5.26 Å². The van der Waals surface area contributed by atoms with Crippen LogP contribution in [-0.4, -0.2) is 11.2 Å². The Morgan fingerprint density at radius 3 is 2.67 bits per heavy atom. The Labute approximate surface area is 74.6 Å². The van der Waals surface area contributed by atoms with E-state index in [0.717, 1.165) is 5.03 Å². The van der Waals surface area contributed by atoms with Crippen molar-refractivity contribution in [1.82, 2.24) is 4.98 Å². The molecule has 62 valence electrons. The molecule has 4 N–H and O–H groups in total. The van der Waals surface area contributed by atoms with Gasteiger partial charge in [0.15, 0.2) is 0 Å². The third-order valence-corrected chi connectivity index (χ3v) is 2.00. The summed E-state index contributed by atoms with van der Waals surface area (Å²) in [5.74, 6) is 0.196. The number of anilines is 2. The van der Waals surface area contributed by atoms with Crippen LogP contribution in [-0.2, 0) is 0 Å². The lowest BCUT2D eigenvalue weighted by atomic mass is 10.2. The molecule has 0 aliphatic rings. The number of nitrogens with zero attached hydrogens (tertiary/aromatic N) is 2. The largest absolute Gasteiger partial charge is 0.397 e. The summed E-state index contributed by atoms with van der Waals surface area (Å²) in [6.45, 7) is 0. The molecule has 0 aliphatic heterocycles. The van der Waals surface area contributed by atoms with Crippen molar-refractivity contribution in [3.8, 4) is 6.07 Å². The smallest absolute Gasteiger partial charge is 0.144 e. The van der Waals surface area contributed by atoms with Crippen molar-refractivity contribution in [2.45, 2.75) is 5.03 Å². The molecule has 0 atom stereocenters. The first kappa shape index (κ1) is 8.68. The number of aromatic nitrogens is 1. The summed E-state index contributed by atoms with van der Waals surface area (Å²) in [5, 5.41) is 9.33. The van der Waals surface area contributed by atoms with Crippen LogP contribution in [0.4, 0.5) is 11.5 Å². The van der Waals surface area contributed by atoms with Gasteiger partial charge in [-0.3, -0.25) is 0 Å². The van der Waals surface area contributed by atoms with E-state index < -0.39 is 0 Å². The van der Waals surface area contributed by atoms with Gasteiger partial charge in [0, 0.05) is 0 Å². The van der Waals surface area contributed by atoms with Crippen molar-refractivity contribution in [3.63, 3.8) is 0 Å². The van der Waals surface area contributed by atoms with E-state index in [1.807, 2.05) is 12.3 Å². The van der Waals surface area contributed by atoms with Crippen LogP contribution in [0.15, 0.2) is 11.1 Å². The molecule has 0 aliphatic carbocycles. The lowest BCUT2D eigenvalue weighted by Crippen LogP contribution is -2.00. The van der Waals surface area contributed by atoms with E-state index in [1.165, 1.54) is 11.8 Å². The van der Waals surface area contributed by atoms with E-state index in [9.17, 15) is 0 Å². The van der Waals surface area contributed by atoms with Crippen LogP contribution >= 0.6 is 11.8 Å². The Bertz CT molecular complexity index is 319. The lowest BCUT2D eigenvalue weighted by Gasteiger charge is -2.02. The van der Waals surface area contributed by atoms with Gasteiger partial charge < -0.3 is 11.5 Å². The standard InChI is InChI=1S/C7H8N4S/c1-12-6-2-5(9)4(3-8)7(10)11-6/h2H,1H3,(H4,9,10,11). The molecule has 0 aromatic carbocycles. The maximum atomic E-state index is 8.61. The average Bonchev–Trinajstić information content (AvgIpc) is 2.03. The van der Waals surface area contributed by atoms with Crippen molar-refractivity contribution >= 4 is 23.3 Å². The van der Waals surface area contributed by atoms with Crippen molar-refractivity contribution in [2.24, 2.45) is 0 Å². The third kappa shape index (κ3) is 1.43. The van der Waals surface area contributed by atoms with Crippen LogP contribution in [0.25, 0.3) is 0 Å². The molecule has 0 amide bonds. The van der Waals surface area contributed by atoms with Gasteiger partial charge in [0.2, 0.25) is 0 Å². The number of rotatable bonds is 1. The van der Waals surface area contributed by atoms with Crippen molar-refractivity contribution in [3.05, 3.63) is 11.6 Å². The summed E-state index contributed by atoms with van der Waals surface area (Å²) in [6, 6.07) is 3.53. The minimum atomic E-state index is 0.196. The molecule has 5 heteroatoms. The van der Waals surface area contributed by atoms with Crippen LogP contribution < -0.4 is 11.5 Å². The first-order chi connectivity index (χ1) is 5.69. The minimum Gasteiger partial charge on any atom is -0.397 e. The fraction of sp³-hybridized carbons (Fsp3) is 0.143. The summed E-state index contributed by atoms with van der Waals surface area (Å²) in [5.41, 5.74) is 11.7. The summed E-state index contributed by atoms with van der Waals surface area (Å²) in [4.78, 5) is 3.96. The molecule has 4 nitrogen and oxygen atoms in total. The predicted molar refractivity (Wildman–Crippen MR) is 49.6 cm³/mol. The predicted octanol–water partition coefficient (Wildman–Crippen LogP) is 0.840. The summed E-state index contributed by atoms with van der Waals surface area (Å²) in [6.07, 6.45) is 1.87. The molecule has 0 saturated carbocycles. The molecule has 0 fully saturated rings. The second-order valence-electron chi connectivity index (χ2n) is 2.13. The molecule has 1 rings (SSSR count). The molecule has 1 heterocycles. The van der Waals surface area contributed by atoms with E-state index in [4.69, 9.17) is 16.7 Å². The topological polar surface area (TPSA) is 88.7 Å². The number of hydrogen-bond donors (Lipinski definition) is 2. The van der Waals surface area contributed by atoms with Crippen LogP contribution in [0.2, 0.25) is 0 Å². The highest BCUT2D eigenvalue weighted by atomic mass is 32.2. The van der Waals surface area contributed by atoms with E-state index in [1.54, 1.807) is 6.07 Å². The van der Waals surface area contributed by atoms with Gasteiger partial charge in [-0.25, -0.2) is 4.98 Å². The van der Waals surface area contributed by atoms with Gasteiger partial charge in [-0.2, -0.15) is 5.26 Å². The first-order valence-corrected chi connectivity index (χ1v) is 4.41. The molecule has 1 aromatic rings. The van der Waals surface area contributed by atoms with Crippen LogP contribution in [0.1, 0.15) is 5.56 Å². The fourth-order valence-corrected chi connectivity index (χ4v) is 1.22.